The minimum atomic E-state index is 0.0444. The van der Waals surface area contributed by atoms with Gasteiger partial charge in [0.15, 0.2) is 5.82 Å². The molecule has 78 valence electrons. The molecule has 0 aliphatic carbocycles. The van der Waals surface area contributed by atoms with Crippen molar-refractivity contribution in [3.63, 3.8) is 0 Å². The number of nitrogens with zero attached hydrogens (tertiary/aromatic N) is 2. The van der Waals surface area contributed by atoms with Gasteiger partial charge in [-0.25, -0.2) is 0 Å². The zero-order valence-electron chi connectivity index (χ0n) is 7.98. The molecule has 1 aromatic rings. The van der Waals surface area contributed by atoms with E-state index < -0.39 is 0 Å². The number of hydrogen-bond donors (Lipinski definition) is 1. The summed E-state index contributed by atoms with van der Waals surface area (Å²) in [6.45, 7) is 1.55. The fourth-order valence-corrected chi connectivity index (χ4v) is 1.58. The number of aromatic nitrogens is 2. The molecule has 0 saturated carbocycles. The largest absolute Gasteiger partial charge is 0.396 e. The van der Waals surface area contributed by atoms with E-state index in [1.165, 1.54) is 0 Å². The summed E-state index contributed by atoms with van der Waals surface area (Å²) in [5.74, 6) is 1.49. The Morgan fingerprint density at radius 1 is 1.50 bits per heavy atom. The van der Waals surface area contributed by atoms with Gasteiger partial charge in [0, 0.05) is 12.5 Å². The third-order valence-corrected chi connectivity index (χ3v) is 2.33. The normalized spacial score (nSPS) is 22.5. The van der Waals surface area contributed by atoms with E-state index in [0.717, 1.165) is 19.4 Å². The Morgan fingerprint density at radius 3 is 3.14 bits per heavy atom. The Bertz CT molecular complexity index is 281. The van der Waals surface area contributed by atoms with Crippen LogP contribution in [0.1, 0.15) is 30.5 Å². The van der Waals surface area contributed by atoms with Crippen molar-refractivity contribution in [1.29, 1.82) is 0 Å². The molecule has 5 heteroatoms. The fraction of sp³-hybridized carbons (Fsp3) is 0.778. The van der Waals surface area contributed by atoms with Crippen molar-refractivity contribution in [2.24, 2.45) is 0 Å². The first-order valence-electron chi connectivity index (χ1n) is 4.91. The maximum Gasteiger partial charge on any atom is 0.228 e. The molecule has 2 rings (SSSR count). The van der Waals surface area contributed by atoms with E-state index in [2.05, 4.69) is 10.1 Å². The Kier molecular flexibility index (Phi) is 3.10. The summed E-state index contributed by atoms with van der Waals surface area (Å²) in [6.07, 6.45) is 2.53. The molecule has 1 saturated heterocycles. The number of rotatable bonds is 3. The van der Waals surface area contributed by atoms with Crippen LogP contribution in [0.3, 0.4) is 0 Å². The van der Waals surface area contributed by atoms with E-state index in [9.17, 15) is 0 Å². The average molecular weight is 198 g/mol. The van der Waals surface area contributed by atoms with Crippen molar-refractivity contribution in [2.45, 2.75) is 25.2 Å². The molecule has 5 nitrogen and oxygen atoms in total. The lowest BCUT2D eigenvalue weighted by Gasteiger charge is -2.18. The highest BCUT2D eigenvalue weighted by Crippen LogP contribution is 2.22. The maximum atomic E-state index is 8.69. The zero-order chi connectivity index (χ0) is 9.80. The molecule has 2 heterocycles. The molecule has 1 aliphatic rings. The van der Waals surface area contributed by atoms with Crippen LogP contribution >= 0.6 is 0 Å². The first-order valence-corrected chi connectivity index (χ1v) is 4.91. The predicted octanol–water partition coefficient (Wildman–Crippen LogP) is 0.498. The second-order valence-corrected chi connectivity index (χ2v) is 3.43. The molecule has 1 fully saturated rings. The maximum absolute atomic E-state index is 8.69. The highest BCUT2D eigenvalue weighted by atomic mass is 16.5. The van der Waals surface area contributed by atoms with E-state index >= 15 is 0 Å². The van der Waals surface area contributed by atoms with Crippen LogP contribution < -0.4 is 0 Å². The van der Waals surface area contributed by atoms with Gasteiger partial charge in [-0.3, -0.25) is 0 Å². The standard InChI is InChI=1S/C9H14N2O3/c12-4-3-8-10-9(11-14-8)7-2-1-5-13-6-7/h7,12H,1-6H2. The molecule has 1 atom stereocenters. The van der Waals surface area contributed by atoms with Crippen LogP contribution in [-0.2, 0) is 11.2 Å². The van der Waals surface area contributed by atoms with Crippen LogP contribution in [0.2, 0.25) is 0 Å². The van der Waals surface area contributed by atoms with Crippen LogP contribution in [0.5, 0.6) is 0 Å². The predicted molar refractivity (Wildman–Crippen MR) is 47.9 cm³/mol. The van der Waals surface area contributed by atoms with E-state index in [1.807, 2.05) is 0 Å². The van der Waals surface area contributed by atoms with Crippen LogP contribution in [0.15, 0.2) is 4.52 Å². The van der Waals surface area contributed by atoms with Gasteiger partial charge < -0.3 is 14.4 Å². The summed E-state index contributed by atoms with van der Waals surface area (Å²) in [4.78, 5) is 4.21. The van der Waals surface area contributed by atoms with Gasteiger partial charge in [0.05, 0.1) is 19.6 Å². The van der Waals surface area contributed by atoms with Crippen molar-refractivity contribution in [3.8, 4) is 0 Å². The molecule has 14 heavy (non-hydrogen) atoms. The molecule has 0 spiro atoms. The SMILES string of the molecule is OCCc1nc(C2CCCOC2)no1. The lowest BCUT2D eigenvalue weighted by atomic mass is 10.0. The molecule has 1 unspecified atom stereocenters. The van der Waals surface area contributed by atoms with Gasteiger partial charge in [-0.1, -0.05) is 5.16 Å². The summed E-state index contributed by atoms with van der Waals surface area (Å²) in [6, 6.07) is 0. The molecule has 1 N–H and O–H groups in total. The molecule has 1 aliphatic heterocycles. The van der Waals surface area contributed by atoms with Crippen LogP contribution in [0.25, 0.3) is 0 Å². The third-order valence-electron chi connectivity index (χ3n) is 2.33. The minimum absolute atomic E-state index is 0.0444. The first-order chi connectivity index (χ1) is 6.90. The quantitative estimate of drug-likeness (QED) is 0.765. The van der Waals surface area contributed by atoms with Gasteiger partial charge >= 0.3 is 0 Å². The smallest absolute Gasteiger partial charge is 0.228 e. The van der Waals surface area contributed by atoms with Crippen LogP contribution in [-0.4, -0.2) is 35.1 Å². The Labute approximate surface area is 82.1 Å². The number of aliphatic hydroxyl groups excluding tert-OH is 1. The second-order valence-electron chi connectivity index (χ2n) is 3.43. The molecular formula is C9H14N2O3. The fourth-order valence-electron chi connectivity index (χ4n) is 1.58. The molecular weight excluding hydrogens is 184 g/mol. The van der Waals surface area contributed by atoms with Crippen molar-refractivity contribution in [1.82, 2.24) is 10.1 Å². The van der Waals surface area contributed by atoms with Crippen molar-refractivity contribution in [3.05, 3.63) is 11.7 Å². The van der Waals surface area contributed by atoms with Gasteiger partial charge in [-0.15, -0.1) is 0 Å². The van der Waals surface area contributed by atoms with Gasteiger partial charge in [0.1, 0.15) is 0 Å². The van der Waals surface area contributed by atoms with Crippen molar-refractivity contribution in [2.75, 3.05) is 19.8 Å². The highest BCUT2D eigenvalue weighted by Gasteiger charge is 2.21. The summed E-state index contributed by atoms with van der Waals surface area (Å²) in [7, 11) is 0. The molecule has 1 aromatic heterocycles. The van der Waals surface area contributed by atoms with E-state index in [4.69, 9.17) is 14.4 Å². The molecule has 0 amide bonds. The number of aliphatic hydroxyl groups is 1. The van der Waals surface area contributed by atoms with Gasteiger partial charge in [0.25, 0.3) is 0 Å². The van der Waals surface area contributed by atoms with Gasteiger partial charge in [-0.2, -0.15) is 4.98 Å². The van der Waals surface area contributed by atoms with E-state index in [0.29, 0.717) is 24.7 Å². The first kappa shape index (κ1) is 9.61. The Hall–Kier alpha value is -0.940. The summed E-state index contributed by atoms with van der Waals surface area (Å²) >= 11 is 0. The minimum Gasteiger partial charge on any atom is -0.396 e. The zero-order valence-corrected chi connectivity index (χ0v) is 7.98. The van der Waals surface area contributed by atoms with Crippen molar-refractivity contribution < 1.29 is 14.4 Å². The summed E-state index contributed by atoms with van der Waals surface area (Å²) in [5, 5.41) is 12.6. The lowest BCUT2D eigenvalue weighted by Crippen LogP contribution is -2.16. The number of hydrogen-bond acceptors (Lipinski definition) is 5. The third kappa shape index (κ3) is 2.10. The lowest BCUT2D eigenvalue weighted by molar-refractivity contribution is 0.0773. The molecule has 0 bridgehead atoms. The summed E-state index contributed by atoms with van der Waals surface area (Å²) in [5.41, 5.74) is 0. The van der Waals surface area contributed by atoms with E-state index in [1.54, 1.807) is 0 Å². The van der Waals surface area contributed by atoms with Gasteiger partial charge in [-0.05, 0) is 12.8 Å². The number of ether oxygens (including phenoxy) is 1. The molecule has 0 aromatic carbocycles. The molecule has 0 radical (unpaired) electrons. The summed E-state index contributed by atoms with van der Waals surface area (Å²) < 4.78 is 10.3. The van der Waals surface area contributed by atoms with Gasteiger partial charge in [0.2, 0.25) is 5.89 Å². The highest BCUT2D eigenvalue weighted by molar-refractivity contribution is 4.96. The monoisotopic (exact) mass is 198 g/mol. The van der Waals surface area contributed by atoms with Crippen molar-refractivity contribution >= 4 is 0 Å². The topological polar surface area (TPSA) is 68.4 Å². The van der Waals surface area contributed by atoms with E-state index in [-0.39, 0.29) is 12.5 Å². The van der Waals surface area contributed by atoms with Crippen LogP contribution in [0.4, 0.5) is 0 Å². The Balaban J connectivity index is 2.00. The van der Waals surface area contributed by atoms with Crippen LogP contribution in [0, 0.1) is 0 Å². The average Bonchev–Trinajstić information content (AvgIpc) is 2.68. The Morgan fingerprint density at radius 2 is 2.43 bits per heavy atom. The second kappa shape index (κ2) is 4.52.